The lowest BCUT2D eigenvalue weighted by molar-refractivity contribution is -0.214. The zero-order valence-electron chi connectivity index (χ0n) is 11.9. The van der Waals surface area contributed by atoms with Gasteiger partial charge in [-0.2, -0.15) is 0 Å². The summed E-state index contributed by atoms with van der Waals surface area (Å²) in [5, 5.41) is 0. The van der Waals surface area contributed by atoms with E-state index in [1.807, 2.05) is 0 Å². The lowest BCUT2D eigenvalue weighted by Gasteiger charge is -2.41. The van der Waals surface area contributed by atoms with E-state index in [-0.39, 0.29) is 18.0 Å². The monoisotopic (exact) mass is 364 g/mol. The van der Waals surface area contributed by atoms with E-state index in [2.05, 4.69) is 20.9 Å². The van der Waals surface area contributed by atoms with Crippen LogP contribution >= 0.6 is 15.9 Å². The summed E-state index contributed by atoms with van der Waals surface area (Å²) in [6.45, 7) is 3.43. The summed E-state index contributed by atoms with van der Waals surface area (Å²) in [6.07, 6.45) is 0. The second-order valence-electron chi connectivity index (χ2n) is 5.67. The van der Waals surface area contributed by atoms with Gasteiger partial charge in [-0.15, -0.1) is 0 Å². The Hall–Kier alpha value is -1.08. The van der Waals surface area contributed by atoms with Crippen molar-refractivity contribution in [2.75, 3.05) is 6.61 Å². The molecule has 0 spiro atoms. The number of benzene rings is 1. The summed E-state index contributed by atoms with van der Waals surface area (Å²) in [7, 11) is 0. The lowest BCUT2D eigenvalue weighted by atomic mass is 9.78. The zero-order chi connectivity index (χ0) is 16.1. The van der Waals surface area contributed by atoms with Gasteiger partial charge in [0.05, 0.1) is 0 Å². The average Bonchev–Trinajstić information content (AvgIpc) is 2.43. The Kier molecular flexibility index (Phi) is 3.87. The second-order valence-corrected chi connectivity index (χ2v) is 6.59. The van der Waals surface area contributed by atoms with Gasteiger partial charge in [0.1, 0.15) is 23.9 Å². The van der Waals surface area contributed by atoms with Crippen molar-refractivity contribution >= 4 is 21.8 Å². The maximum atomic E-state index is 15.0. The SMILES string of the molecule is CC1(C)OCC(N)=NC(C)(c2cc(Br)ccc2F)C1(F)F. The van der Waals surface area contributed by atoms with Crippen LogP contribution in [0.1, 0.15) is 26.3 Å². The number of nitrogens with zero attached hydrogens (tertiary/aromatic N) is 1. The highest BCUT2D eigenvalue weighted by atomic mass is 79.9. The molecule has 2 N–H and O–H groups in total. The van der Waals surface area contributed by atoms with Gasteiger partial charge in [-0.05, 0) is 39.0 Å². The number of hydrogen-bond donors (Lipinski definition) is 1. The average molecular weight is 365 g/mol. The molecule has 0 bridgehead atoms. The van der Waals surface area contributed by atoms with Crippen LogP contribution in [0.25, 0.3) is 0 Å². The zero-order valence-corrected chi connectivity index (χ0v) is 13.5. The Morgan fingerprint density at radius 2 is 1.90 bits per heavy atom. The van der Waals surface area contributed by atoms with Crippen molar-refractivity contribution in [1.82, 2.24) is 0 Å². The summed E-state index contributed by atoms with van der Waals surface area (Å²) in [5.74, 6) is -4.33. The summed E-state index contributed by atoms with van der Waals surface area (Å²) < 4.78 is 49.8. The Labute approximate surface area is 129 Å². The molecule has 3 nitrogen and oxygen atoms in total. The number of amidine groups is 1. The fourth-order valence-corrected chi connectivity index (χ4v) is 2.78. The number of hydrogen-bond acceptors (Lipinski definition) is 3. The first-order chi connectivity index (χ1) is 9.51. The second kappa shape index (κ2) is 4.98. The summed E-state index contributed by atoms with van der Waals surface area (Å²) in [4.78, 5) is 3.89. The van der Waals surface area contributed by atoms with Crippen molar-refractivity contribution in [2.24, 2.45) is 10.7 Å². The topological polar surface area (TPSA) is 47.6 Å². The molecule has 7 heteroatoms. The van der Waals surface area contributed by atoms with Gasteiger partial charge in [-0.25, -0.2) is 13.2 Å². The van der Waals surface area contributed by atoms with Crippen molar-refractivity contribution in [3.8, 4) is 0 Å². The molecule has 1 atom stereocenters. The number of aliphatic imine (C=N–C) groups is 1. The van der Waals surface area contributed by atoms with Crippen LogP contribution in [-0.4, -0.2) is 24.0 Å². The molecule has 1 aromatic rings. The molecule has 0 aliphatic carbocycles. The van der Waals surface area contributed by atoms with Crippen LogP contribution < -0.4 is 5.73 Å². The first kappa shape index (κ1) is 16.3. The predicted molar refractivity (Wildman–Crippen MR) is 78.1 cm³/mol. The Bertz CT molecular complexity index is 604. The minimum absolute atomic E-state index is 0.0953. The van der Waals surface area contributed by atoms with Crippen LogP contribution in [0.2, 0.25) is 0 Å². The van der Waals surface area contributed by atoms with Gasteiger partial charge in [-0.1, -0.05) is 15.9 Å². The van der Waals surface area contributed by atoms with E-state index in [1.54, 1.807) is 0 Å². The fraction of sp³-hybridized carbons (Fsp3) is 0.500. The standard InChI is InChI=1S/C14H16BrF3N2O/c1-12(2)14(17,18)13(3,20-11(19)7-21-12)9-6-8(15)4-5-10(9)16/h4-6H,7H2,1-3H3,(H2,19,20). The first-order valence-electron chi connectivity index (χ1n) is 6.33. The molecule has 1 unspecified atom stereocenters. The van der Waals surface area contributed by atoms with Crippen LogP contribution in [0.15, 0.2) is 27.7 Å². The van der Waals surface area contributed by atoms with E-state index in [1.165, 1.54) is 32.9 Å². The van der Waals surface area contributed by atoms with Crippen LogP contribution in [0, 0.1) is 5.82 Å². The van der Waals surface area contributed by atoms with E-state index < -0.39 is 22.9 Å². The highest BCUT2D eigenvalue weighted by Gasteiger charge is 2.63. The molecule has 21 heavy (non-hydrogen) atoms. The van der Waals surface area contributed by atoms with Crippen molar-refractivity contribution in [1.29, 1.82) is 0 Å². The van der Waals surface area contributed by atoms with Gasteiger partial charge < -0.3 is 10.5 Å². The van der Waals surface area contributed by atoms with Gasteiger partial charge in [0.15, 0.2) is 5.54 Å². The van der Waals surface area contributed by atoms with Gasteiger partial charge in [0.25, 0.3) is 0 Å². The molecule has 0 amide bonds. The van der Waals surface area contributed by atoms with Crippen molar-refractivity contribution in [3.63, 3.8) is 0 Å². The predicted octanol–water partition coefficient (Wildman–Crippen LogP) is 3.60. The minimum atomic E-state index is -3.47. The maximum Gasteiger partial charge on any atom is 0.304 e. The van der Waals surface area contributed by atoms with Crippen LogP contribution in [0.3, 0.4) is 0 Å². The summed E-state index contributed by atoms with van der Waals surface area (Å²) >= 11 is 3.17. The lowest BCUT2D eigenvalue weighted by Crippen LogP contribution is -2.56. The smallest absolute Gasteiger partial charge is 0.304 e. The summed E-state index contributed by atoms with van der Waals surface area (Å²) in [6, 6.07) is 3.85. The molecular weight excluding hydrogens is 349 g/mol. The van der Waals surface area contributed by atoms with E-state index in [0.717, 1.165) is 6.07 Å². The third-order valence-corrected chi connectivity index (χ3v) is 4.26. The number of alkyl halides is 2. The molecule has 1 heterocycles. The molecule has 2 rings (SSSR count). The maximum absolute atomic E-state index is 15.0. The third kappa shape index (κ3) is 2.46. The Balaban J connectivity index is 2.75. The highest BCUT2D eigenvalue weighted by Crippen LogP contribution is 2.50. The van der Waals surface area contributed by atoms with E-state index in [0.29, 0.717) is 4.47 Å². The molecule has 1 aliphatic heterocycles. The molecule has 0 saturated carbocycles. The molecule has 116 valence electrons. The normalized spacial score (nSPS) is 27.9. The van der Waals surface area contributed by atoms with Gasteiger partial charge in [0.2, 0.25) is 0 Å². The number of rotatable bonds is 1. The van der Waals surface area contributed by atoms with Crippen LogP contribution in [0.4, 0.5) is 13.2 Å². The molecule has 0 saturated heterocycles. The molecule has 0 aromatic heterocycles. The number of ether oxygens (including phenoxy) is 1. The largest absolute Gasteiger partial charge is 0.385 e. The number of nitrogens with two attached hydrogens (primary N) is 1. The van der Waals surface area contributed by atoms with Crippen LogP contribution in [0.5, 0.6) is 0 Å². The van der Waals surface area contributed by atoms with E-state index in [9.17, 15) is 13.2 Å². The molecular formula is C14H16BrF3N2O. The van der Waals surface area contributed by atoms with Crippen molar-refractivity contribution < 1.29 is 17.9 Å². The Morgan fingerprint density at radius 3 is 2.52 bits per heavy atom. The van der Waals surface area contributed by atoms with E-state index in [4.69, 9.17) is 10.5 Å². The van der Waals surface area contributed by atoms with Crippen LogP contribution in [-0.2, 0) is 10.3 Å². The molecule has 1 aromatic carbocycles. The van der Waals surface area contributed by atoms with Gasteiger partial charge in [0, 0.05) is 10.0 Å². The van der Waals surface area contributed by atoms with E-state index >= 15 is 0 Å². The fourth-order valence-electron chi connectivity index (χ4n) is 2.42. The van der Waals surface area contributed by atoms with Crippen molar-refractivity contribution in [3.05, 3.63) is 34.1 Å². The van der Waals surface area contributed by atoms with Gasteiger partial charge >= 0.3 is 5.92 Å². The van der Waals surface area contributed by atoms with Crippen molar-refractivity contribution in [2.45, 2.75) is 37.8 Å². The number of halogens is 4. The summed E-state index contributed by atoms with van der Waals surface area (Å²) in [5.41, 5.74) is 1.39. The third-order valence-electron chi connectivity index (χ3n) is 3.77. The molecule has 0 radical (unpaired) electrons. The molecule has 1 aliphatic rings. The first-order valence-corrected chi connectivity index (χ1v) is 7.12. The van der Waals surface area contributed by atoms with Gasteiger partial charge in [-0.3, -0.25) is 4.99 Å². The minimum Gasteiger partial charge on any atom is -0.385 e. The molecule has 0 fully saturated rings. The quantitative estimate of drug-likeness (QED) is 0.827. The Morgan fingerprint density at radius 1 is 1.29 bits per heavy atom. The highest BCUT2D eigenvalue weighted by molar-refractivity contribution is 9.10.